The van der Waals surface area contributed by atoms with Crippen molar-refractivity contribution in [2.24, 2.45) is 0 Å². The van der Waals surface area contributed by atoms with Crippen molar-refractivity contribution in [1.29, 1.82) is 0 Å². The van der Waals surface area contributed by atoms with Gasteiger partial charge >= 0.3 is 0 Å². The molecule has 2 nitrogen and oxygen atoms in total. The molecule has 0 aliphatic rings. The van der Waals surface area contributed by atoms with Crippen LogP contribution in [0.15, 0.2) is 48.5 Å². The number of hydrogen-bond acceptors (Lipinski definition) is 2. The van der Waals surface area contributed by atoms with Crippen molar-refractivity contribution in [1.82, 2.24) is 0 Å². The summed E-state index contributed by atoms with van der Waals surface area (Å²) >= 11 is 0. The average Bonchev–Trinajstić information content (AvgIpc) is 2.46. The zero-order valence-electron chi connectivity index (χ0n) is 11.2. The molecule has 2 aromatic rings. The zero-order valence-corrected chi connectivity index (χ0v) is 11.2. The van der Waals surface area contributed by atoms with Crippen LogP contribution in [0.3, 0.4) is 0 Å². The third-order valence-electron chi connectivity index (χ3n) is 3.10. The van der Waals surface area contributed by atoms with Crippen molar-refractivity contribution in [3.8, 4) is 5.75 Å². The third kappa shape index (κ3) is 3.25. The highest BCUT2D eigenvalue weighted by molar-refractivity contribution is 5.49. The second-order valence-corrected chi connectivity index (χ2v) is 4.37. The van der Waals surface area contributed by atoms with Gasteiger partial charge in [-0.1, -0.05) is 37.3 Å². The van der Waals surface area contributed by atoms with Gasteiger partial charge in [0.25, 0.3) is 0 Å². The van der Waals surface area contributed by atoms with Crippen molar-refractivity contribution in [3.05, 3.63) is 59.9 Å². The van der Waals surface area contributed by atoms with Crippen LogP contribution in [0.25, 0.3) is 0 Å². The van der Waals surface area contributed by atoms with E-state index in [0.717, 1.165) is 12.1 Å². The summed E-state index contributed by atoms with van der Waals surface area (Å²) in [6.45, 7) is 2.10. The number of halogens is 1. The summed E-state index contributed by atoms with van der Waals surface area (Å²) < 4.78 is 18.6. The Morgan fingerprint density at radius 1 is 1.16 bits per heavy atom. The first-order chi connectivity index (χ1) is 9.24. The Kier molecular flexibility index (Phi) is 4.39. The Bertz CT molecular complexity index is 528. The maximum atomic E-state index is 13.6. The van der Waals surface area contributed by atoms with Crippen LogP contribution < -0.4 is 10.1 Å². The summed E-state index contributed by atoms with van der Waals surface area (Å²) in [7, 11) is 1.46. The van der Waals surface area contributed by atoms with Crippen LogP contribution in [0.5, 0.6) is 5.75 Å². The minimum absolute atomic E-state index is 0.175. The number of methoxy groups -OCH3 is 1. The lowest BCUT2D eigenvalue weighted by Gasteiger charge is -2.19. The molecule has 0 fully saturated rings. The van der Waals surface area contributed by atoms with Crippen LogP contribution in [0.1, 0.15) is 24.9 Å². The Morgan fingerprint density at radius 3 is 2.47 bits per heavy atom. The van der Waals surface area contributed by atoms with E-state index in [4.69, 9.17) is 4.74 Å². The van der Waals surface area contributed by atoms with Gasteiger partial charge in [-0.15, -0.1) is 0 Å². The van der Waals surface area contributed by atoms with Gasteiger partial charge in [-0.25, -0.2) is 4.39 Å². The second-order valence-electron chi connectivity index (χ2n) is 4.37. The first-order valence-electron chi connectivity index (χ1n) is 6.39. The summed E-state index contributed by atoms with van der Waals surface area (Å²) in [4.78, 5) is 0. The minimum Gasteiger partial charge on any atom is -0.494 e. The highest BCUT2D eigenvalue weighted by Gasteiger charge is 2.10. The zero-order chi connectivity index (χ0) is 13.7. The molecule has 0 spiro atoms. The fourth-order valence-electron chi connectivity index (χ4n) is 2.06. The van der Waals surface area contributed by atoms with E-state index in [2.05, 4.69) is 24.4 Å². The molecule has 0 saturated heterocycles. The highest BCUT2D eigenvalue weighted by Crippen LogP contribution is 2.26. The number of benzene rings is 2. The monoisotopic (exact) mass is 259 g/mol. The van der Waals surface area contributed by atoms with E-state index in [1.807, 2.05) is 24.3 Å². The molecule has 1 atom stereocenters. The molecule has 0 aromatic heterocycles. The van der Waals surface area contributed by atoms with Gasteiger partial charge in [0.1, 0.15) is 0 Å². The lowest BCUT2D eigenvalue weighted by molar-refractivity contribution is 0.386. The lowest BCUT2D eigenvalue weighted by atomic mass is 10.0. The van der Waals surface area contributed by atoms with Gasteiger partial charge in [0.2, 0.25) is 0 Å². The molecule has 19 heavy (non-hydrogen) atoms. The van der Waals surface area contributed by atoms with Crippen molar-refractivity contribution < 1.29 is 9.13 Å². The Morgan fingerprint density at radius 2 is 1.89 bits per heavy atom. The molecule has 1 N–H and O–H groups in total. The summed E-state index contributed by atoms with van der Waals surface area (Å²) in [5.74, 6) is -0.0891. The Balaban J connectivity index is 2.17. The molecular weight excluding hydrogens is 241 g/mol. The largest absolute Gasteiger partial charge is 0.494 e. The van der Waals surface area contributed by atoms with Crippen LogP contribution in [-0.2, 0) is 0 Å². The van der Waals surface area contributed by atoms with Gasteiger partial charge in [0, 0.05) is 11.8 Å². The van der Waals surface area contributed by atoms with E-state index in [0.29, 0.717) is 0 Å². The van der Waals surface area contributed by atoms with E-state index in [9.17, 15) is 4.39 Å². The third-order valence-corrected chi connectivity index (χ3v) is 3.10. The highest BCUT2D eigenvalue weighted by atomic mass is 19.1. The van der Waals surface area contributed by atoms with Crippen LogP contribution in [0, 0.1) is 5.82 Å². The molecular formula is C16H18FNO. The number of rotatable bonds is 5. The number of ether oxygens (including phenoxy) is 1. The predicted molar refractivity (Wildman–Crippen MR) is 76.0 cm³/mol. The standard InChI is InChI=1S/C16H18FNO/c1-3-15(12-7-5-4-6-8-12)18-13-9-10-16(19-2)14(17)11-13/h4-11,15,18H,3H2,1-2H3. The van der Waals surface area contributed by atoms with Crippen molar-refractivity contribution >= 4 is 5.69 Å². The van der Waals surface area contributed by atoms with Crippen molar-refractivity contribution in [3.63, 3.8) is 0 Å². The van der Waals surface area contributed by atoms with Crippen molar-refractivity contribution in [2.75, 3.05) is 12.4 Å². The predicted octanol–water partition coefficient (Wildman–Crippen LogP) is 4.40. The summed E-state index contributed by atoms with van der Waals surface area (Å²) in [5, 5.41) is 3.34. The second kappa shape index (κ2) is 6.23. The Labute approximate surface area is 113 Å². The normalized spacial score (nSPS) is 11.9. The lowest BCUT2D eigenvalue weighted by Crippen LogP contribution is -2.09. The fourth-order valence-corrected chi connectivity index (χ4v) is 2.06. The fraction of sp³-hybridized carbons (Fsp3) is 0.250. The van der Waals surface area contributed by atoms with Gasteiger partial charge in [0.15, 0.2) is 11.6 Å². The molecule has 2 rings (SSSR count). The molecule has 0 heterocycles. The van der Waals surface area contributed by atoms with Gasteiger partial charge < -0.3 is 10.1 Å². The maximum Gasteiger partial charge on any atom is 0.167 e. The smallest absolute Gasteiger partial charge is 0.167 e. The van der Waals surface area contributed by atoms with Gasteiger partial charge in [-0.2, -0.15) is 0 Å². The van der Waals surface area contributed by atoms with Crippen LogP contribution >= 0.6 is 0 Å². The number of hydrogen-bond donors (Lipinski definition) is 1. The number of anilines is 1. The van der Waals surface area contributed by atoms with Crippen LogP contribution in [0.2, 0.25) is 0 Å². The molecule has 1 unspecified atom stereocenters. The van der Waals surface area contributed by atoms with E-state index in [1.165, 1.54) is 18.7 Å². The SMILES string of the molecule is CCC(Nc1ccc(OC)c(F)c1)c1ccccc1. The molecule has 0 bridgehead atoms. The Hall–Kier alpha value is -2.03. The molecule has 0 aliphatic heterocycles. The van der Waals surface area contributed by atoms with Gasteiger partial charge in [0.05, 0.1) is 13.2 Å². The van der Waals surface area contributed by atoms with Gasteiger partial charge in [-0.3, -0.25) is 0 Å². The summed E-state index contributed by atoms with van der Waals surface area (Å²) in [6, 6.07) is 15.2. The molecule has 0 amide bonds. The van der Waals surface area contributed by atoms with Crippen molar-refractivity contribution in [2.45, 2.75) is 19.4 Å². The number of nitrogens with one attached hydrogen (secondary N) is 1. The van der Waals surface area contributed by atoms with E-state index in [1.54, 1.807) is 6.07 Å². The summed E-state index contributed by atoms with van der Waals surface area (Å²) in [6.07, 6.45) is 0.928. The molecule has 3 heteroatoms. The van der Waals surface area contributed by atoms with E-state index >= 15 is 0 Å². The van der Waals surface area contributed by atoms with Crippen LogP contribution in [0.4, 0.5) is 10.1 Å². The molecule has 0 radical (unpaired) electrons. The van der Waals surface area contributed by atoms with Gasteiger partial charge in [-0.05, 0) is 24.1 Å². The molecule has 0 saturated carbocycles. The summed E-state index contributed by atoms with van der Waals surface area (Å²) in [5.41, 5.74) is 1.95. The minimum atomic E-state index is -0.351. The maximum absolute atomic E-state index is 13.6. The van der Waals surface area contributed by atoms with Crippen LogP contribution in [-0.4, -0.2) is 7.11 Å². The molecule has 2 aromatic carbocycles. The average molecular weight is 259 g/mol. The topological polar surface area (TPSA) is 21.3 Å². The first kappa shape index (κ1) is 13.4. The van der Waals surface area contributed by atoms with E-state index < -0.39 is 0 Å². The van der Waals surface area contributed by atoms with E-state index in [-0.39, 0.29) is 17.6 Å². The molecule has 100 valence electrons. The molecule has 0 aliphatic carbocycles. The first-order valence-corrected chi connectivity index (χ1v) is 6.39. The quantitative estimate of drug-likeness (QED) is 0.859.